The number of nitrogens with one attached hydrogen (secondary N) is 1. The molecule has 7 heteroatoms. The number of carboxylic acid groups (broad SMARTS) is 1. The lowest BCUT2D eigenvalue weighted by atomic mass is 9.77. The van der Waals surface area contributed by atoms with Crippen LogP contribution in [0.2, 0.25) is 10.0 Å². The standard InChI is InChI=1S/C20H26Cl2N2O3/c21-17-5-4-14(12-18(17)22)16(20(27)8-2-1-3-9-20)13-24-10-6-15(7-11-24)23-19(25)26/h4-5,12-13,15,23,27H,1-3,6-11H2,(H,25,26). The van der Waals surface area contributed by atoms with Crippen molar-refractivity contribution in [1.82, 2.24) is 10.2 Å². The van der Waals surface area contributed by atoms with Crippen molar-refractivity contribution in [1.29, 1.82) is 0 Å². The van der Waals surface area contributed by atoms with E-state index in [1.54, 1.807) is 6.07 Å². The van der Waals surface area contributed by atoms with E-state index in [1.165, 1.54) is 0 Å². The molecule has 1 heterocycles. The number of aliphatic hydroxyl groups is 1. The van der Waals surface area contributed by atoms with Gasteiger partial charge in [-0.05, 0) is 43.4 Å². The van der Waals surface area contributed by atoms with Crippen LogP contribution in [0.5, 0.6) is 0 Å². The summed E-state index contributed by atoms with van der Waals surface area (Å²) in [7, 11) is 0. The second-order valence-corrected chi connectivity index (χ2v) is 8.34. The molecule has 3 N–H and O–H groups in total. The van der Waals surface area contributed by atoms with E-state index in [0.717, 1.165) is 69.2 Å². The van der Waals surface area contributed by atoms with Gasteiger partial charge in [0, 0.05) is 30.9 Å². The number of halogens is 2. The molecule has 3 rings (SSSR count). The largest absolute Gasteiger partial charge is 0.465 e. The fourth-order valence-corrected chi connectivity index (χ4v) is 4.36. The second kappa shape index (κ2) is 8.72. The number of rotatable bonds is 4. The first-order valence-corrected chi connectivity index (χ1v) is 10.3. The maximum Gasteiger partial charge on any atom is 0.404 e. The molecule has 5 nitrogen and oxygen atoms in total. The SMILES string of the molecule is O=C(O)NC1CCN(C=C(c2ccc(Cl)c(Cl)c2)C2(O)CCCCC2)CC1. The van der Waals surface area contributed by atoms with Crippen LogP contribution in [0, 0.1) is 0 Å². The third-order valence-corrected chi connectivity index (χ3v) is 6.32. The van der Waals surface area contributed by atoms with Gasteiger partial charge in [0.25, 0.3) is 0 Å². The molecule has 0 atom stereocenters. The van der Waals surface area contributed by atoms with Crippen molar-refractivity contribution in [2.75, 3.05) is 13.1 Å². The van der Waals surface area contributed by atoms with Gasteiger partial charge in [-0.1, -0.05) is 48.5 Å². The van der Waals surface area contributed by atoms with E-state index in [4.69, 9.17) is 28.3 Å². The number of piperidine rings is 1. The first kappa shape index (κ1) is 20.3. The zero-order chi connectivity index (χ0) is 19.4. The summed E-state index contributed by atoms with van der Waals surface area (Å²) in [5.74, 6) is 0. The minimum atomic E-state index is -0.975. The Kier molecular flexibility index (Phi) is 6.56. The Bertz CT molecular complexity index is 709. The van der Waals surface area contributed by atoms with E-state index < -0.39 is 11.7 Å². The van der Waals surface area contributed by atoms with Gasteiger partial charge in [-0.2, -0.15) is 0 Å². The highest BCUT2D eigenvalue weighted by molar-refractivity contribution is 6.42. The maximum absolute atomic E-state index is 11.4. The maximum atomic E-state index is 11.4. The molecule has 1 aromatic rings. The predicted octanol–water partition coefficient (Wildman–Crippen LogP) is 4.76. The zero-order valence-electron chi connectivity index (χ0n) is 15.3. The van der Waals surface area contributed by atoms with E-state index in [2.05, 4.69) is 10.2 Å². The minimum Gasteiger partial charge on any atom is -0.465 e. The number of benzene rings is 1. The minimum absolute atomic E-state index is 0.0154. The lowest BCUT2D eigenvalue weighted by molar-refractivity contribution is 0.0601. The van der Waals surface area contributed by atoms with Gasteiger partial charge in [-0.3, -0.25) is 0 Å². The van der Waals surface area contributed by atoms with Crippen LogP contribution in [-0.4, -0.2) is 45.9 Å². The topological polar surface area (TPSA) is 72.8 Å². The van der Waals surface area contributed by atoms with Gasteiger partial charge >= 0.3 is 6.09 Å². The number of nitrogens with zero attached hydrogens (tertiary/aromatic N) is 1. The van der Waals surface area contributed by atoms with Crippen molar-refractivity contribution in [2.45, 2.75) is 56.6 Å². The lowest BCUT2D eigenvalue weighted by Crippen LogP contribution is -2.43. The van der Waals surface area contributed by atoms with E-state index >= 15 is 0 Å². The lowest BCUT2D eigenvalue weighted by Gasteiger charge is -2.38. The molecule has 2 fully saturated rings. The van der Waals surface area contributed by atoms with Gasteiger partial charge in [-0.15, -0.1) is 0 Å². The summed E-state index contributed by atoms with van der Waals surface area (Å²) in [5.41, 5.74) is 0.899. The molecule has 1 amide bonds. The highest BCUT2D eigenvalue weighted by Crippen LogP contribution is 2.41. The number of amides is 1. The quantitative estimate of drug-likeness (QED) is 0.666. The summed E-state index contributed by atoms with van der Waals surface area (Å²) in [4.78, 5) is 13.0. The van der Waals surface area contributed by atoms with Gasteiger partial charge < -0.3 is 20.4 Å². The zero-order valence-corrected chi connectivity index (χ0v) is 16.8. The molecule has 1 aliphatic carbocycles. The van der Waals surface area contributed by atoms with Gasteiger partial charge in [0.1, 0.15) is 0 Å². The molecule has 1 aliphatic heterocycles. The fourth-order valence-electron chi connectivity index (χ4n) is 4.06. The first-order chi connectivity index (χ1) is 12.9. The van der Waals surface area contributed by atoms with Gasteiger partial charge in [-0.25, -0.2) is 4.79 Å². The van der Waals surface area contributed by atoms with Crippen molar-refractivity contribution in [2.24, 2.45) is 0 Å². The average molecular weight is 413 g/mol. The molecule has 0 spiro atoms. The van der Waals surface area contributed by atoms with E-state index in [-0.39, 0.29) is 6.04 Å². The monoisotopic (exact) mass is 412 g/mol. The first-order valence-electron chi connectivity index (χ1n) is 9.51. The molecular weight excluding hydrogens is 387 g/mol. The molecule has 0 radical (unpaired) electrons. The summed E-state index contributed by atoms with van der Waals surface area (Å²) >= 11 is 12.3. The molecule has 1 saturated carbocycles. The van der Waals surface area contributed by atoms with E-state index in [9.17, 15) is 9.90 Å². The smallest absolute Gasteiger partial charge is 0.404 e. The second-order valence-electron chi connectivity index (χ2n) is 7.52. The van der Waals surface area contributed by atoms with Crippen LogP contribution in [0.1, 0.15) is 50.5 Å². The van der Waals surface area contributed by atoms with Crippen LogP contribution in [0.15, 0.2) is 24.4 Å². The number of hydrogen-bond acceptors (Lipinski definition) is 3. The van der Waals surface area contributed by atoms with Crippen LogP contribution in [-0.2, 0) is 0 Å². The Balaban J connectivity index is 1.84. The van der Waals surface area contributed by atoms with Crippen LogP contribution < -0.4 is 5.32 Å². The van der Waals surface area contributed by atoms with Crippen molar-refractivity contribution in [3.05, 3.63) is 40.0 Å². The van der Waals surface area contributed by atoms with Gasteiger partial charge in [0.05, 0.1) is 15.6 Å². The van der Waals surface area contributed by atoms with Crippen LogP contribution in [0.25, 0.3) is 5.57 Å². The van der Waals surface area contributed by atoms with Crippen LogP contribution in [0.3, 0.4) is 0 Å². The normalized spacial score (nSPS) is 21.1. The number of hydrogen-bond donors (Lipinski definition) is 3. The van der Waals surface area contributed by atoms with Gasteiger partial charge in [0.2, 0.25) is 0 Å². The van der Waals surface area contributed by atoms with Crippen molar-refractivity contribution < 1.29 is 15.0 Å². The summed E-state index contributed by atoms with van der Waals surface area (Å²) in [5, 5.41) is 23.8. The number of carbonyl (C=O) groups is 1. The van der Waals surface area contributed by atoms with Gasteiger partial charge in [0.15, 0.2) is 0 Å². The Hall–Kier alpha value is -1.43. The molecule has 0 bridgehead atoms. The van der Waals surface area contributed by atoms with Crippen LogP contribution >= 0.6 is 23.2 Å². The summed E-state index contributed by atoms with van der Waals surface area (Å²) in [6.45, 7) is 1.48. The summed E-state index contributed by atoms with van der Waals surface area (Å²) in [6.07, 6.45) is 7.17. The highest BCUT2D eigenvalue weighted by Gasteiger charge is 2.35. The highest BCUT2D eigenvalue weighted by atomic mass is 35.5. The molecule has 0 unspecified atom stereocenters. The Morgan fingerprint density at radius 1 is 1.15 bits per heavy atom. The summed E-state index contributed by atoms with van der Waals surface area (Å²) < 4.78 is 0. The fraction of sp³-hybridized carbons (Fsp3) is 0.550. The van der Waals surface area contributed by atoms with Crippen LogP contribution in [0.4, 0.5) is 4.79 Å². The molecular formula is C20H26Cl2N2O3. The molecule has 1 aromatic carbocycles. The van der Waals surface area contributed by atoms with Crippen molar-refractivity contribution in [3.63, 3.8) is 0 Å². The van der Waals surface area contributed by atoms with Crippen molar-refractivity contribution in [3.8, 4) is 0 Å². The molecule has 0 aromatic heterocycles. The van der Waals surface area contributed by atoms with E-state index in [0.29, 0.717) is 10.0 Å². The number of likely N-dealkylation sites (tertiary alicyclic amines) is 1. The predicted molar refractivity (Wildman–Crippen MR) is 108 cm³/mol. The third kappa shape index (κ3) is 5.09. The molecule has 1 saturated heterocycles. The summed E-state index contributed by atoms with van der Waals surface area (Å²) in [6, 6.07) is 5.48. The Morgan fingerprint density at radius 3 is 2.41 bits per heavy atom. The molecule has 27 heavy (non-hydrogen) atoms. The molecule has 148 valence electrons. The third-order valence-electron chi connectivity index (χ3n) is 5.58. The van der Waals surface area contributed by atoms with E-state index in [1.807, 2.05) is 18.3 Å². The molecule has 2 aliphatic rings. The Labute approximate surface area is 170 Å². The average Bonchev–Trinajstić information content (AvgIpc) is 2.63. The van der Waals surface area contributed by atoms with Crippen molar-refractivity contribution >= 4 is 34.9 Å². The Morgan fingerprint density at radius 2 is 1.81 bits per heavy atom.